The van der Waals surface area contributed by atoms with Gasteiger partial charge in [-0.05, 0) is 67.0 Å². The predicted molar refractivity (Wildman–Crippen MR) is 126 cm³/mol. The molecule has 1 aromatic heterocycles. The number of aliphatic carboxylic acids is 1. The van der Waals surface area contributed by atoms with Crippen LogP contribution in [0.1, 0.15) is 31.0 Å². The van der Waals surface area contributed by atoms with Gasteiger partial charge in [0, 0.05) is 17.1 Å². The van der Waals surface area contributed by atoms with E-state index in [0.717, 1.165) is 16.5 Å². The number of amides is 2. The average Bonchev–Trinajstić information content (AvgIpc) is 3.19. The summed E-state index contributed by atoms with van der Waals surface area (Å²) in [5, 5.41) is 12.8. The Morgan fingerprint density at radius 1 is 1.19 bits per heavy atom. The van der Waals surface area contributed by atoms with Crippen LogP contribution >= 0.6 is 12.2 Å². The number of benzene rings is 2. The van der Waals surface area contributed by atoms with Crippen LogP contribution in [0.15, 0.2) is 60.3 Å². The highest BCUT2D eigenvalue weighted by molar-refractivity contribution is 7.80. The molecular formula is C24H21N3O4S. The Hall–Kier alpha value is -3.78. The second-order valence-electron chi connectivity index (χ2n) is 7.50. The van der Waals surface area contributed by atoms with Crippen molar-refractivity contribution in [1.82, 2.24) is 9.88 Å². The molecule has 1 fully saturated rings. The van der Waals surface area contributed by atoms with Crippen molar-refractivity contribution in [2.75, 3.05) is 4.90 Å². The van der Waals surface area contributed by atoms with Crippen LogP contribution in [0.2, 0.25) is 0 Å². The Bertz CT molecular complexity index is 1310. The largest absolute Gasteiger partial charge is 0.480 e. The average molecular weight is 448 g/mol. The smallest absolute Gasteiger partial charge is 0.326 e. The van der Waals surface area contributed by atoms with E-state index in [1.165, 1.54) is 11.0 Å². The Kier molecular flexibility index (Phi) is 5.63. The minimum absolute atomic E-state index is 0.0257. The summed E-state index contributed by atoms with van der Waals surface area (Å²) >= 11 is 5.29. The molecule has 2 N–H and O–H groups in total. The van der Waals surface area contributed by atoms with E-state index < -0.39 is 23.8 Å². The molecule has 2 amide bonds. The monoisotopic (exact) mass is 447 g/mol. The van der Waals surface area contributed by atoms with Gasteiger partial charge in [0.05, 0.1) is 5.69 Å². The summed E-state index contributed by atoms with van der Waals surface area (Å²) in [5.41, 5.74) is 2.96. The van der Waals surface area contributed by atoms with Crippen molar-refractivity contribution in [1.29, 1.82) is 0 Å². The lowest BCUT2D eigenvalue weighted by molar-refractivity contribution is -0.140. The van der Waals surface area contributed by atoms with Crippen molar-refractivity contribution in [3.63, 3.8) is 0 Å². The molecule has 2 aromatic carbocycles. The summed E-state index contributed by atoms with van der Waals surface area (Å²) < 4.78 is 1.66. The number of carboxylic acid groups (broad SMARTS) is 1. The van der Waals surface area contributed by atoms with Gasteiger partial charge in [-0.25, -0.2) is 4.79 Å². The fourth-order valence-corrected chi connectivity index (χ4v) is 4.07. The molecule has 0 aliphatic carbocycles. The predicted octanol–water partition coefficient (Wildman–Crippen LogP) is 3.68. The molecule has 1 atom stereocenters. The van der Waals surface area contributed by atoms with Gasteiger partial charge in [-0.15, -0.1) is 0 Å². The van der Waals surface area contributed by atoms with Crippen molar-refractivity contribution in [2.24, 2.45) is 0 Å². The van der Waals surface area contributed by atoms with Gasteiger partial charge in [0.15, 0.2) is 5.11 Å². The maximum atomic E-state index is 13.3. The molecule has 1 aliphatic heterocycles. The molecule has 0 saturated carbocycles. The van der Waals surface area contributed by atoms with Crippen LogP contribution in [0.5, 0.6) is 0 Å². The standard InChI is InChI=1S/C24H21N3O4S/c1-3-16-6-4-5-7-20(16)27-22(29)18(21(28)25-24(27)32)13-15-8-9-19-17(12-15)10-11-26(19)14(2)23(30)31/h4-14H,3H2,1-2H3,(H,30,31)(H,25,28,32)/b18-13+/t14-/m0/s1. The molecule has 0 bridgehead atoms. The molecule has 1 saturated heterocycles. The molecule has 1 aliphatic rings. The normalized spacial score (nSPS) is 16.5. The van der Waals surface area contributed by atoms with Crippen LogP contribution in [0.3, 0.4) is 0 Å². The van der Waals surface area contributed by atoms with Gasteiger partial charge in [0.2, 0.25) is 0 Å². The van der Waals surface area contributed by atoms with Gasteiger partial charge in [-0.3, -0.25) is 19.8 Å². The van der Waals surface area contributed by atoms with Crippen molar-refractivity contribution in [2.45, 2.75) is 26.3 Å². The van der Waals surface area contributed by atoms with Gasteiger partial charge in [0.25, 0.3) is 11.8 Å². The number of thiocarbonyl (C=S) groups is 1. The third kappa shape index (κ3) is 3.69. The molecule has 7 nitrogen and oxygen atoms in total. The molecule has 0 radical (unpaired) electrons. The molecule has 2 heterocycles. The van der Waals surface area contributed by atoms with Crippen LogP contribution < -0.4 is 10.2 Å². The Morgan fingerprint density at radius 3 is 2.66 bits per heavy atom. The zero-order valence-electron chi connectivity index (χ0n) is 17.5. The number of aryl methyl sites for hydroxylation is 1. The number of nitrogens with one attached hydrogen (secondary N) is 1. The van der Waals surface area contributed by atoms with E-state index in [0.29, 0.717) is 17.7 Å². The lowest BCUT2D eigenvalue weighted by Gasteiger charge is -2.30. The summed E-state index contributed by atoms with van der Waals surface area (Å²) in [6.45, 7) is 3.59. The fraction of sp³-hybridized carbons (Fsp3) is 0.167. The summed E-state index contributed by atoms with van der Waals surface area (Å²) in [7, 11) is 0. The fourth-order valence-electron chi connectivity index (χ4n) is 3.80. The number of rotatable bonds is 5. The van der Waals surface area contributed by atoms with E-state index in [9.17, 15) is 19.5 Å². The maximum Gasteiger partial charge on any atom is 0.326 e. The molecule has 0 unspecified atom stereocenters. The molecule has 3 aromatic rings. The van der Waals surface area contributed by atoms with Crippen LogP contribution in [0.25, 0.3) is 17.0 Å². The minimum atomic E-state index is -0.929. The van der Waals surface area contributed by atoms with Crippen molar-refractivity contribution in [3.05, 3.63) is 71.4 Å². The second-order valence-corrected chi connectivity index (χ2v) is 7.88. The number of carbonyl (C=O) groups is 3. The van der Waals surface area contributed by atoms with Gasteiger partial charge in [-0.1, -0.05) is 31.2 Å². The van der Waals surface area contributed by atoms with E-state index in [1.807, 2.05) is 31.2 Å². The number of fused-ring (bicyclic) bond motifs is 1. The van der Waals surface area contributed by atoms with Crippen LogP contribution in [-0.4, -0.2) is 32.6 Å². The van der Waals surface area contributed by atoms with Crippen molar-refractivity contribution < 1.29 is 19.5 Å². The van der Waals surface area contributed by atoms with Crippen LogP contribution in [0, 0.1) is 0 Å². The number of aromatic nitrogens is 1. The SMILES string of the molecule is CCc1ccccc1N1C(=O)/C(=C/c2ccc3c(ccn3[C@@H](C)C(=O)O)c2)C(=O)NC1=S. The lowest BCUT2D eigenvalue weighted by atomic mass is 10.0. The van der Waals surface area contributed by atoms with Gasteiger partial charge in [0.1, 0.15) is 11.6 Å². The number of hydrogen-bond donors (Lipinski definition) is 2. The van der Waals surface area contributed by atoms with Crippen molar-refractivity contribution >= 4 is 57.8 Å². The van der Waals surface area contributed by atoms with Crippen LogP contribution in [-0.2, 0) is 20.8 Å². The lowest BCUT2D eigenvalue weighted by Crippen LogP contribution is -2.54. The van der Waals surface area contributed by atoms with E-state index in [2.05, 4.69) is 5.32 Å². The molecule has 4 rings (SSSR count). The zero-order chi connectivity index (χ0) is 23.0. The molecule has 0 spiro atoms. The maximum absolute atomic E-state index is 13.3. The first-order chi connectivity index (χ1) is 15.3. The van der Waals surface area contributed by atoms with Crippen molar-refractivity contribution in [3.8, 4) is 0 Å². The summed E-state index contributed by atoms with van der Waals surface area (Å²) in [4.78, 5) is 38.6. The summed E-state index contributed by atoms with van der Waals surface area (Å²) in [6, 6.07) is 13.9. The third-order valence-electron chi connectivity index (χ3n) is 5.55. The first kappa shape index (κ1) is 21.5. The zero-order valence-corrected chi connectivity index (χ0v) is 18.3. The molecule has 32 heavy (non-hydrogen) atoms. The molecular weight excluding hydrogens is 426 g/mol. The number of nitrogens with zero attached hydrogens (tertiary/aromatic N) is 2. The second kappa shape index (κ2) is 8.39. The van der Waals surface area contributed by atoms with E-state index >= 15 is 0 Å². The van der Waals surface area contributed by atoms with E-state index in [-0.39, 0.29) is 10.7 Å². The summed E-state index contributed by atoms with van der Waals surface area (Å²) in [6.07, 6.45) is 3.94. The van der Waals surface area contributed by atoms with Gasteiger partial charge in [-0.2, -0.15) is 0 Å². The van der Waals surface area contributed by atoms with Crippen LogP contribution in [0.4, 0.5) is 5.69 Å². The number of carbonyl (C=O) groups excluding carboxylic acids is 2. The highest BCUT2D eigenvalue weighted by atomic mass is 32.1. The minimum Gasteiger partial charge on any atom is -0.480 e. The Balaban J connectivity index is 1.73. The first-order valence-electron chi connectivity index (χ1n) is 10.1. The molecule has 162 valence electrons. The summed E-state index contributed by atoms with van der Waals surface area (Å²) in [5.74, 6) is -1.97. The number of carboxylic acids is 1. The van der Waals surface area contributed by atoms with E-state index in [4.69, 9.17) is 12.2 Å². The third-order valence-corrected chi connectivity index (χ3v) is 5.83. The highest BCUT2D eigenvalue weighted by Crippen LogP contribution is 2.27. The number of hydrogen-bond acceptors (Lipinski definition) is 4. The highest BCUT2D eigenvalue weighted by Gasteiger charge is 2.35. The number of para-hydroxylation sites is 1. The topological polar surface area (TPSA) is 91.6 Å². The Labute approximate surface area is 189 Å². The van der Waals surface area contributed by atoms with Gasteiger partial charge >= 0.3 is 5.97 Å². The number of anilines is 1. The first-order valence-corrected chi connectivity index (χ1v) is 10.6. The Morgan fingerprint density at radius 2 is 1.94 bits per heavy atom. The van der Waals surface area contributed by atoms with Gasteiger partial charge < -0.3 is 9.67 Å². The quantitative estimate of drug-likeness (QED) is 0.354. The molecule has 8 heteroatoms. The van der Waals surface area contributed by atoms with E-state index in [1.54, 1.807) is 42.0 Å².